The maximum Gasteiger partial charge on any atom is 0.323 e. The summed E-state index contributed by atoms with van der Waals surface area (Å²) in [5.41, 5.74) is 0.607. The summed E-state index contributed by atoms with van der Waals surface area (Å²) in [6.45, 7) is 2.80. The lowest BCUT2D eigenvalue weighted by Crippen LogP contribution is -2.56. The van der Waals surface area contributed by atoms with Crippen molar-refractivity contribution in [1.29, 1.82) is 0 Å². The van der Waals surface area contributed by atoms with Crippen molar-refractivity contribution in [3.05, 3.63) is 29.8 Å². The van der Waals surface area contributed by atoms with E-state index in [1.165, 1.54) is 10.5 Å². The minimum absolute atomic E-state index is 0.258. The van der Waals surface area contributed by atoms with E-state index in [0.717, 1.165) is 38.0 Å². The van der Waals surface area contributed by atoms with Crippen molar-refractivity contribution in [3.63, 3.8) is 0 Å². The van der Waals surface area contributed by atoms with Crippen molar-refractivity contribution in [2.45, 2.75) is 49.1 Å². The molecule has 0 amide bonds. The van der Waals surface area contributed by atoms with Crippen LogP contribution >= 0.6 is 11.8 Å². The summed E-state index contributed by atoms with van der Waals surface area (Å²) in [7, 11) is 0. The van der Waals surface area contributed by atoms with Crippen LogP contribution in [0.3, 0.4) is 0 Å². The maximum absolute atomic E-state index is 11.8. The fraction of sp³-hybridized carbons (Fsp3) is 0.562. The van der Waals surface area contributed by atoms with E-state index in [9.17, 15) is 9.90 Å². The van der Waals surface area contributed by atoms with E-state index in [1.54, 1.807) is 0 Å². The van der Waals surface area contributed by atoms with Gasteiger partial charge in [0.25, 0.3) is 0 Å². The number of thioether (sulfide) groups is 1. The molecule has 0 saturated carbocycles. The first-order valence-corrected chi connectivity index (χ1v) is 8.33. The van der Waals surface area contributed by atoms with Crippen molar-refractivity contribution in [1.82, 2.24) is 4.90 Å². The number of benzene rings is 1. The SMILES string of the molecule is CC1(C(=O)O)CCCCN1C1CCSc2ccccc21. The molecule has 0 aliphatic carbocycles. The Morgan fingerprint density at radius 1 is 1.40 bits per heavy atom. The third-order valence-electron chi connectivity index (χ3n) is 4.71. The first-order valence-electron chi connectivity index (χ1n) is 7.35. The molecule has 1 saturated heterocycles. The second-order valence-corrected chi connectivity index (χ2v) is 7.06. The van der Waals surface area contributed by atoms with E-state index in [1.807, 2.05) is 18.7 Å². The number of piperidine rings is 1. The van der Waals surface area contributed by atoms with Crippen LogP contribution in [-0.2, 0) is 4.79 Å². The molecular weight excluding hydrogens is 270 g/mol. The van der Waals surface area contributed by atoms with Crippen LogP contribution < -0.4 is 0 Å². The lowest BCUT2D eigenvalue weighted by molar-refractivity contribution is -0.155. The van der Waals surface area contributed by atoms with Crippen molar-refractivity contribution in [3.8, 4) is 0 Å². The highest BCUT2D eigenvalue weighted by Crippen LogP contribution is 2.44. The number of likely N-dealkylation sites (tertiary alicyclic amines) is 1. The summed E-state index contributed by atoms with van der Waals surface area (Å²) in [5, 5.41) is 9.70. The first kappa shape index (κ1) is 14.0. The Morgan fingerprint density at radius 2 is 2.20 bits per heavy atom. The molecule has 4 heteroatoms. The molecule has 108 valence electrons. The van der Waals surface area contributed by atoms with Gasteiger partial charge in [0.05, 0.1) is 0 Å². The molecule has 0 bridgehead atoms. The highest BCUT2D eigenvalue weighted by Gasteiger charge is 2.45. The number of aliphatic carboxylic acids is 1. The van der Waals surface area contributed by atoms with Crippen molar-refractivity contribution in [2.75, 3.05) is 12.3 Å². The number of nitrogens with zero attached hydrogens (tertiary/aromatic N) is 1. The van der Waals surface area contributed by atoms with Gasteiger partial charge in [0.2, 0.25) is 0 Å². The van der Waals surface area contributed by atoms with Crippen molar-refractivity contribution < 1.29 is 9.90 Å². The minimum atomic E-state index is -0.710. The lowest BCUT2D eigenvalue weighted by atomic mass is 9.85. The first-order chi connectivity index (χ1) is 9.63. The molecule has 2 aliphatic heterocycles. The molecule has 2 aliphatic rings. The van der Waals surface area contributed by atoms with Gasteiger partial charge in [0.1, 0.15) is 5.54 Å². The van der Waals surface area contributed by atoms with Gasteiger partial charge >= 0.3 is 5.97 Å². The molecule has 2 atom stereocenters. The van der Waals surface area contributed by atoms with Crippen molar-refractivity contribution >= 4 is 17.7 Å². The Kier molecular flexibility index (Phi) is 3.78. The largest absolute Gasteiger partial charge is 0.480 e. The average Bonchev–Trinajstić information content (AvgIpc) is 2.47. The van der Waals surface area contributed by atoms with Crippen LogP contribution in [0, 0.1) is 0 Å². The summed E-state index contributed by atoms with van der Waals surface area (Å²) in [4.78, 5) is 15.4. The molecule has 2 heterocycles. The molecule has 1 aromatic rings. The highest BCUT2D eigenvalue weighted by molar-refractivity contribution is 7.99. The van der Waals surface area contributed by atoms with Crippen LogP contribution in [0.5, 0.6) is 0 Å². The zero-order chi connectivity index (χ0) is 14.2. The second-order valence-electron chi connectivity index (χ2n) is 5.92. The van der Waals surface area contributed by atoms with E-state index in [-0.39, 0.29) is 6.04 Å². The number of carboxylic acid groups (broad SMARTS) is 1. The number of fused-ring (bicyclic) bond motifs is 1. The fourth-order valence-electron chi connectivity index (χ4n) is 3.52. The molecular formula is C16H21NO2S. The summed E-state index contributed by atoms with van der Waals surface area (Å²) >= 11 is 1.89. The molecule has 3 nitrogen and oxygen atoms in total. The van der Waals surface area contributed by atoms with E-state index in [0.29, 0.717) is 0 Å². The highest BCUT2D eigenvalue weighted by atomic mass is 32.2. The quantitative estimate of drug-likeness (QED) is 0.904. The van der Waals surface area contributed by atoms with E-state index < -0.39 is 11.5 Å². The monoisotopic (exact) mass is 291 g/mol. The molecule has 3 rings (SSSR count). The molecule has 0 radical (unpaired) electrons. The smallest absolute Gasteiger partial charge is 0.323 e. The van der Waals surface area contributed by atoms with Crippen LogP contribution in [0.2, 0.25) is 0 Å². The number of hydrogen-bond acceptors (Lipinski definition) is 3. The normalized spacial score (nSPS) is 30.8. The summed E-state index contributed by atoms with van der Waals surface area (Å²) in [5.74, 6) is 0.404. The summed E-state index contributed by atoms with van der Waals surface area (Å²) < 4.78 is 0. The molecule has 1 aromatic carbocycles. The lowest BCUT2D eigenvalue weighted by Gasteiger charge is -2.47. The summed E-state index contributed by atoms with van der Waals surface area (Å²) in [6, 6.07) is 8.73. The van der Waals surface area contributed by atoms with Gasteiger partial charge < -0.3 is 5.11 Å². The van der Waals surface area contributed by atoms with Gasteiger partial charge in [-0.2, -0.15) is 0 Å². The van der Waals surface area contributed by atoms with Gasteiger partial charge in [0, 0.05) is 10.9 Å². The Balaban J connectivity index is 1.98. The zero-order valence-electron chi connectivity index (χ0n) is 11.8. The van der Waals surface area contributed by atoms with Crippen LogP contribution in [0.1, 0.15) is 44.2 Å². The van der Waals surface area contributed by atoms with Gasteiger partial charge in [0.15, 0.2) is 0 Å². The molecule has 0 spiro atoms. The fourth-order valence-corrected chi connectivity index (χ4v) is 4.62. The molecule has 0 aromatic heterocycles. The molecule has 20 heavy (non-hydrogen) atoms. The Labute approximate surface area is 124 Å². The second kappa shape index (κ2) is 5.41. The van der Waals surface area contributed by atoms with E-state index >= 15 is 0 Å². The van der Waals surface area contributed by atoms with Crippen LogP contribution in [0.25, 0.3) is 0 Å². The maximum atomic E-state index is 11.8. The summed E-state index contributed by atoms with van der Waals surface area (Å²) in [6.07, 6.45) is 3.93. The van der Waals surface area contributed by atoms with Crippen LogP contribution in [0.15, 0.2) is 29.2 Å². The number of rotatable bonds is 2. The Hall–Kier alpha value is -1.00. The number of hydrogen-bond donors (Lipinski definition) is 1. The predicted molar refractivity (Wildman–Crippen MR) is 81.1 cm³/mol. The third-order valence-corrected chi connectivity index (χ3v) is 5.83. The predicted octanol–water partition coefficient (Wildman–Crippen LogP) is 3.55. The van der Waals surface area contributed by atoms with E-state index in [2.05, 4.69) is 29.2 Å². The number of carboxylic acids is 1. The molecule has 1 N–H and O–H groups in total. The van der Waals surface area contributed by atoms with Gasteiger partial charge in [-0.25, -0.2) is 0 Å². The zero-order valence-corrected chi connectivity index (χ0v) is 12.7. The third kappa shape index (κ3) is 2.25. The van der Waals surface area contributed by atoms with Crippen LogP contribution in [-0.4, -0.2) is 33.8 Å². The number of carbonyl (C=O) groups is 1. The van der Waals surface area contributed by atoms with E-state index in [4.69, 9.17) is 0 Å². The average molecular weight is 291 g/mol. The van der Waals surface area contributed by atoms with Crippen molar-refractivity contribution in [2.24, 2.45) is 0 Å². The molecule has 1 fully saturated rings. The standard InChI is InChI=1S/C16H21NO2S/c1-16(15(18)19)9-4-5-10-17(16)13-8-11-20-14-7-3-2-6-12(13)14/h2-3,6-7,13H,4-5,8-11H2,1H3,(H,18,19). The Bertz CT molecular complexity index is 519. The Morgan fingerprint density at radius 3 is 3.00 bits per heavy atom. The van der Waals surface area contributed by atoms with Gasteiger partial charge in [-0.15, -0.1) is 11.8 Å². The van der Waals surface area contributed by atoms with Crippen LogP contribution in [0.4, 0.5) is 0 Å². The van der Waals surface area contributed by atoms with Gasteiger partial charge in [-0.3, -0.25) is 9.69 Å². The minimum Gasteiger partial charge on any atom is -0.480 e. The van der Waals surface area contributed by atoms with Gasteiger partial charge in [-0.1, -0.05) is 18.2 Å². The topological polar surface area (TPSA) is 40.5 Å². The van der Waals surface area contributed by atoms with Gasteiger partial charge in [-0.05, 0) is 56.5 Å². The molecule has 2 unspecified atom stereocenters.